The Kier molecular flexibility index (Phi) is 8.33. The van der Waals surface area contributed by atoms with Gasteiger partial charge in [-0.15, -0.1) is 11.8 Å². The molecule has 1 spiro atoms. The number of ether oxygens (including phenoxy) is 1. The molecule has 5 rings (SSSR count). The number of nitrogens with zero attached hydrogens (tertiary/aromatic N) is 2. The maximum Gasteiger partial charge on any atom is 0.244 e. The van der Waals surface area contributed by atoms with Crippen LogP contribution in [0.15, 0.2) is 30.3 Å². The van der Waals surface area contributed by atoms with E-state index in [2.05, 4.69) is 22.5 Å². The van der Waals surface area contributed by atoms with Gasteiger partial charge in [0.1, 0.15) is 6.04 Å². The smallest absolute Gasteiger partial charge is 0.244 e. The largest absolute Gasteiger partial charge is 0.396 e. The molecule has 4 aliphatic heterocycles. The van der Waals surface area contributed by atoms with Gasteiger partial charge < -0.3 is 25.4 Å². The van der Waals surface area contributed by atoms with Crippen LogP contribution in [0.1, 0.15) is 38.2 Å². The van der Waals surface area contributed by atoms with Crippen LogP contribution in [0.4, 0.5) is 0 Å². The second-order valence-electron chi connectivity index (χ2n) is 11.1. The number of carbonyl (C=O) groups excluding carboxylic acids is 3. The van der Waals surface area contributed by atoms with Crippen LogP contribution in [-0.2, 0) is 25.7 Å². The van der Waals surface area contributed by atoms with Gasteiger partial charge in [-0.05, 0) is 38.2 Å². The number of unbranched alkanes of at least 4 members (excludes halogenated alkanes) is 1. The lowest BCUT2D eigenvalue weighted by Gasteiger charge is -2.35. The van der Waals surface area contributed by atoms with Crippen LogP contribution in [0.2, 0.25) is 0 Å². The number of likely N-dealkylation sites (tertiary alicyclic amines) is 1. The summed E-state index contributed by atoms with van der Waals surface area (Å²) < 4.78 is 4.42. The van der Waals surface area contributed by atoms with Crippen LogP contribution >= 0.6 is 11.8 Å². The van der Waals surface area contributed by atoms with Gasteiger partial charge in [0.15, 0.2) is 0 Å². The van der Waals surface area contributed by atoms with Crippen LogP contribution in [0, 0.1) is 11.8 Å². The average molecular weight is 545 g/mol. The van der Waals surface area contributed by atoms with Gasteiger partial charge in [0, 0.05) is 50.6 Å². The Morgan fingerprint density at radius 2 is 1.84 bits per heavy atom. The molecular weight excluding hydrogens is 504 g/mol. The third-order valence-electron chi connectivity index (χ3n) is 8.76. The van der Waals surface area contributed by atoms with Crippen LogP contribution in [-0.4, -0.2) is 101 Å². The molecule has 38 heavy (non-hydrogen) atoms. The first-order valence-electron chi connectivity index (χ1n) is 13.9. The van der Waals surface area contributed by atoms with Crippen molar-refractivity contribution in [3.05, 3.63) is 35.9 Å². The summed E-state index contributed by atoms with van der Waals surface area (Å²) in [6.45, 7) is 7.33. The monoisotopic (exact) mass is 544 g/mol. The minimum absolute atomic E-state index is 0.0460. The highest BCUT2D eigenvalue weighted by Gasteiger charge is 2.76. The number of hydrogen-bond acceptors (Lipinski definition) is 7. The summed E-state index contributed by atoms with van der Waals surface area (Å²) in [5.74, 6) is -1.32. The van der Waals surface area contributed by atoms with E-state index in [-0.39, 0.29) is 29.1 Å². The standard InChI is InChI=1S/C28H40N4O5S/c1-27-9-10-28(38-27)22(21(27)24(34)30-19-20-7-3-2-4-8-20)26(36)32(12-5-6-16-33)23(28)25(35)29-11-13-31-14-17-37-18-15-31/h2-4,7-8,21-23,33H,5-6,9-19H2,1H3,(H,29,35)(H,30,34)/t21-,22+,23?,27+,28?/m1/s1. The van der Waals surface area contributed by atoms with E-state index >= 15 is 0 Å². The summed E-state index contributed by atoms with van der Waals surface area (Å²) >= 11 is 1.69. The number of benzene rings is 1. The first-order chi connectivity index (χ1) is 18.4. The van der Waals surface area contributed by atoms with E-state index in [9.17, 15) is 19.5 Å². The lowest BCUT2D eigenvalue weighted by molar-refractivity contribution is -0.140. The summed E-state index contributed by atoms with van der Waals surface area (Å²) in [5.41, 5.74) is 1.01. The van der Waals surface area contributed by atoms with E-state index in [1.165, 1.54) is 0 Å². The molecule has 0 radical (unpaired) electrons. The molecule has 2 unspecified atom stereocenters. The van der Waals surface area contributed by atoms with E-state index in [4.69, 9.17) is 4.74 Å². The Hall–Kier alpha value is -2.14. The maximum atomic E-state index is 14.0. The van der Waals surface area contributed by atoms with E-state index < -0.39 is 22.6 Å². The minimum Gasteiger partial charge on any atom is -0.396 e. The van der Waals surface area contributed by atoms with Crippen molar-refractivity contribution in [1.82, 2.24) is 20.4 Å². The molecule has 10 heteroatoms. The maximum absolute atomic E-state index is 14.0. The van der Waals surface area contributed by atoms with Crippen LogP contribution < -0.4 is 10.6 Å². The average Bonchev–Trinajstić information content (AvgIpc) is 3.49. The Labute approximate surface area is 229 Å². The van der Waals surface area contributed by atoms with Crippen molar-refractivity contribution in [2.24, 2.45) is 11.8 Å². The molecule has 4 heterocycles. The number of aliphatic hydroxyl groups excluding tert-OH is 1. The molecule has 3 amide bonds. The van der Waals surface area contributed by atoms with Crippen LogP contribution in [0.3, 0.4) is 0 Å². The lowest BCUT2D eigenvalue weighted by Crippen LogP contribution is -2.55. The Morgan fingerprint density at radius 3 is 2.58 bits per heavy atom. The third-order valence-corrected chi connectivity index (χ3v) is 10.7. The van der Waals surface area contributed by atoms with Gasteiger partial charge >= 0.3 is 0 Å². The third kappa shape index (κ3) is 5.08. The van der Waals surface area contributed by atoms with Crippen molar-refractivity contribution in [2.45, 2.75) is 54.7 Å². The van der Waals surface area contributed by atoms with Crippen molar-refractivity contribution in [2.75, 3.05) is 52.5 Å². The Bertz CT molecular complexity index is 1020. The minimum atomic E-state index is -0.609. The molecule has 9 nitrogen and oxygen atoms in total. The summed E-state index contributed by atoms with van der Waals surface area (Å²) in [4.78, 5) is 45.4. The highest BCUT2D eigenvalue weighted by Crippen LogP contribution is 2.71. The number of amides is 3. The number of carbonyl (C=O) groups is 3. The van der Waals surface area contributed by atoms with E-state index in [1.54, 1.807) is 16.7 Å². The molecule has 4 fully saturated rings. The Morgan fingerprint density at radius 1 is 1.08 bits per heavy atom. The molecule has 2 bridgehead atoms. The first-order valence-corrected chi connectivity index (χ1v) is 14.7. The predicted molar refractivity (Wildman–Crippen MR) is 145 cm³/mol. The molecular formula is C28H40N4O5S. The lowest BCUT2D eigenvalue weighted by atomic mass is 9.66. The molecule has 1 aromatic carbocycles. The number of hydrogen-bond donors (Lipinski definition) is 3. The van der Waals surface area contributed by atoms with Gasteiger partial charge in [0.2, 0.25) is 17.7 Å². The van der Waals surface area contributed by atoms with Crippen molar-refractivity contribution < 1.29 is 24.2 Å². The zero-order valence-electron chi connectivity index (χ0n) is 22.2. The number of morpholine rings is 1. The van der Waals surface area contributed by atoms with Gasteiger partial charge in [0.05, 0.1) is 29.8 Å². The summed E-state index contributed by atoms with van der Waals surface area (Å²) in [6.07, 6.45) is 2.73. The van der Waals surface area contributed by atoms with Crippen molar-refractivity contribution in [3.8, 4) is 0 Å². The molecule has 0 aliphatic carbocycles. The zero-order chi connectivity index (χ0) is 26.8. The van der Waals surface area contributed by atoms with Gasteiger partial charge in [-0.25, -0.2) is 0 Å². The highest BCUT2D eigenvalue weighted by atomic mass is 32.2. The van der Waals surface area contributed by atoms with Gasteiger partial charge in [-0.1, -0.05) is 30.3 Å². The summed E-state index contributed by atoms with van der Waals surface area (Å²) in [6, 6.07) is 9.16. The number of rotatable bonds is 11. The quantitative estimate of drug-likeness (QED) is 0.357. The van der Waals surface area contributed by atoms with E-state index in [0.717, 1.165) is 38.0 Å². The van der Waals surface area contributed by atoms with E-state index in [0.29, 0.717) is 45.7 Å². The number of thioether (sulfide) groups is 1. The second kappa shape index (κ2) is 11.5. The van der Waals surface area contributed by atoms with E-state index in [1.807, 2.05) is 30.3 Å². The molecule has 208 valence electrons. The van der Waals surface area contributed by atoms with Gasteiger partial charge in [-0.3, -0.25) is 19.3 Å². The fraction of sp³-hybridized carbons (Fsp3) is 0.679. The van der Waals surface area contributed by atoms with Gasteiger partial charge in [-0.2, -0.15) is 0 Å². The molecule has 1 aromatic rings. The molecule has 5 atom stereocenters. The molecule has 0 aromatic heterocycles. The Balaban J connectivity index is 1.34. The fourth-order valence-corrected chi connectivity index (χ4v) is 9.27. The normalized spacial score (nSPS) is 32.4. The summed E-state index contributed by atoms with van der Waals surface area (Å²) in [5, 5.41) is 15.6. The van der Waals surface area contributed by atoms with Gasteiger partial charge in [0.25, 0.3) is 0 Å². The van der Waals surface area contributed by atoms with Crippen molar-refractivity contribution >= 4 is 29.5 Å². The first kappa shape index (κ1) is 27.4. The number of aliphatic hydroxyl groups is 1. The van der Waals surface area contributed by atoms with Crippen molar-refractivity contribution in [3.63, 3.8) is 0 Å². The zero-order valence-corrected chi connectivity index (χ0v) is 23.0. The molecule has 0 saturated carbocycles. The summed E-state index contributed by atoms with van der Waals surface area (Å²) in [7, 11) is 0. The fourth-order valence-electron chi connectivity index (χ4n) is 6.92. The molecule has 4 aliphatic rings. The van der Waals surface area contributed by atoms with Crippen LogP contribution in [0.5, 0.6) is 0 Å². The number of nitrogens with one attached hydrogen (secondary N) is 2. The predicted octanol–water partition coefficient (Wildman–Crippen LogP) is 1.01. The SMILES string of the molecule is C[C@@]12CCC3(S1)C(C(=O)NCCN1CCOCC1)N(CCCCO)C(=O)[C@@H]3[C@@H]2C(=O)NCc1ccccc1. The van der Waals surface area contributed by atoms with Crippen molar-refractivity contribution in [1.29, 1.82) is 0 Å². The van der Waals surface area contributed by atoms with Crippen LogP contribution in [0.25, 0.3) is 0 Å². The molecule has 3 N–H and O–H groups in total. The molecule has 4 saturated heterocycles. The highest BCUT2D eigenvalue weighted by molar-refractivity contribution is 8.02. The second-order valence-corrected chi connectivity index (χ2v) is 13.0. The topological polar surface area (TPSA) is 111 Å². The number of fused-ring (bicyclic) bond motifs is 1.